The van der Waals surface area contributed by atoms with Gasteiger partial charge in [0.25, 0.3) is 5.91 Å². The molecule has 4 N–H and O–H groups in total. The Morgan fingerprint density at radius 1 is 1.11 bits per heavy atom. The molecule has 0 aromatic heterocycles. The number of carbonyl (C=O) groups excluding carboxylic acids is 4. The summed E-state index contributed by atoms with van der Waals surface area (Å²) < 4.78 is 23.3. The Labute approximate surface area is 258 Å². The first-order valence-electron chi connectivity index (χ1n) is 14.7. The van der Waals surface area contributed by atoms with Gasteiger partial charge in [0.15, 0.2) is 6.10 Å². The van der Waals surface area contributed by atoms with Crippen LogP contribution >= 0.6 is 0 Å². The van der Waals surface area contributed by atoms with Crippen LogP contribution in [0.3, 0.4) is 0 Å². The number of nitrogens with one attached hydrogen (secondary N) is 2. The molecule has 2 heterocycles. The fourth-order valence-corrected chi connectivity index (χ4v) is 5.55. The van der Waals surface area contributed by atoms with E-state index in [0.717, 1.165) is 6.08 Å². The van der Waals surface area contributed by atoms with Crippen molar-refractivity contribution < 1.29 is 38.1 Å². The molecule has 2 aliphatic heterocycles. The van der Waals surface area contributed by atoms with Crippen LogP contribution in [0.5, 0.6) is 0 Å². The third-order valence-corrected chi connectivity index (χ3v) is 7.78. The maximum absolute atomic E-state index is 13.7. The van der Waals surface area contributed by atoms with Gasteiger partial charge in [-0.15, -0.1) is 0 Å². The summed E-state index contributed by atoms with van der Waals surface area (Å²) in [6, 6.07) is 0. The summed E-state index contributed by atoms with van der Waals surface area (Å²) >= 11 is 0. The summed E-state index contributed by atoms with van der Waals surface area (Å²) in [5.74, 6) is 4.34. The van der Waals surface area contributed by atoms with Crippen LogP contribution in [0, 0.1) is 23.7 Å². The summed E-state index contributed by atoms with van der Waals surface area (Å²) in [6.45, 7) is 7.84. The lowest BCUT2D eigenvalue weighted by molar-refractivity contribution is -0.120. The summed E-state index contributed by atoms with van der Waals surface area (Å²) in [6.07, 6.45) is 5.54. The molecule has 3 rings (SSSR count). The number of hydrogen-bond donors (Lipinski definition) is 3. The maximum Gasteiger partial charge on any atom is 0.405 e. The summed E-state index contributed by atoms with van der Waals surface area (Å²) in [5.41, 5.74) is 6.80. The largest absolute Gasteiger partial charge is 0.439 e. The van der Waals surface area contributed by atoms with Crippen molar-refractivity contribution in [2.24, 2.45) is 17.6 Å². The van der Waals surface area contributed by atoms with Crippen LogP contribution in [0.25, 0.3) is 0 Å². The Bertz CT molecular complexity index is 1350. The molecule has 3 aliphatic rings. The highest BCUT2D eigenvalue weighted by atomic mass is 16.6. The van der Waals surface area contributed by atoms with Crippen molar-refractivity contribution in [1.29, 1.82) is 0 Å². The zero-order valence-corrected chi connectivity index (χ0v) is 26.2. The molecule has 6 atom stereocenters. The van der Waals surface area contributed by atoms with Crippen LogP contribution in [0.15, 0.2) is 58.5 Å². The molecule has 1 aliphatic carbocycles. The quantitative estimate of drug-likeness (QED) is 0.249. The van der Waals surface area contributed by atoms with E-state index < -0.39 is 48.0 Å². The van der Waals surface area contributed by atoms with Crippen LogP contribution in [-0.2, 0) is 33.3 Å². The summed E-state index contributed by atoms with van der Waals surface area (Å²) in [7, 11) is 3.06. The third-order valence-electron chi connectivity index (χ3n) is 7.78. The highest BCUT2D eigenvalue weighted by molar-refractivity contribution is 6.23. The monoisotopic (exact) mass is 609 g/mol. The van der Waals surface area contributed by atoms with Gasteiger partial charge in [0, 0.05) is 50.3 Å². The highest BCUT2D eigenvalue weighted by Gasteiger charge is 2.34. The highest BCUT2D eigenvalue weighted by Crippen LogP contribution is 2.30. The zero-order valence-electron chi connectivity index (χ0n) is 26.2. The number of amides is 2. The van der Waals surface area contributed by atoms with Crippen molar-refractivity contribution >= 4 is 23.6 Å². The smallest absolute Gasteiger partial charge is 0.405 e. The van der Waals surface area contributed by atoms with Gasteiger partial charge in [-0.25, -0.2) is 4.79 Å². The fraction of sp³-hybridized carbons (Fsp3) is 0.515. The lowest BCUT2D eigenvalue weighted by atomic mass is 9.85. The van der Waals surface area contributed by atoms with Gasteiger partial charge in [0.1, 0.15) is 12.7 Å². The SMILES string of the molecule is CO[C@H]1/C=C\C=C(/C)C(=O)NC2=CC(=O)C3=C(C[C@@H](C)C[C@H](OC)[C@H](OCC#CCCN3)[C@@H](C)/C=C(\C)[C@@H]1OC(N)=O)C2=O. The van der Waals surface area contributed by atoms with E-state index in [1.54, 1.807) is 26.2 Å². The molecule has 0 aromatic carbocycles. The number of carbonyl (C=O) groups is 4. The first-order valence-corrected chi connectivity index (χ1v) is 14.7. The minimum absolute atomic E-state index is 0.0917. The van der Waals surface area contributed by atoms with Crippen molar-refractivity contribution in [2.45, 2.75) is 71.4 Å². The number of rotatable bonds is 3. The molecule has 0 aromatic rings. The van der Waals surface area contributed by atoms with Crippen molar-refractivity contribution in [3.8, 4) is 11.8 Å². The molecule has 0 radical (unpaired) electrons. The van der Waals surface area contributed by atoms with E-state index in [1.165, 1.54) is 13.2 Å². The maximum atomic E-state index is 13.7. The Morgan fingerprint density at radius 3 is 2.55 bits per heavy atom. The van der Waals surface area contributed by atoms with E-state index in [0.29, 0.717) is 30.5 Å². The first-order chi connectivity index (χ1) is 21.0. The van der Waals surface area contributed by atoms with Gasteiger partial charge in [-0.2, -0.15) is 0 Å². The van der Waals surface area contributed by atoms with E-state index in [9.17, 15) is 19.2 Å². The second kappa shape index (κ2) is 16.2. The third kappa shape index (κ3) is 9.02. The Kier molecular flexibility index (Phi) is 12.7. The average Bonchev–Trinajstić information content (AvgIpc) is 2.97. The number of methoxy groups -OCH3 is 2. The number of primary amides is 1. The molecule has 44 heavy (non-hydrogen) atoms. The molecule has 11 nitrogen and oxygen atoms in total. The lowest BCUT2D eigenvalue weighted by Crippen LogP contribution is -2.39. The van der Waals surface area contributed by atoms with Crippen LogP contribution < -0.4 is 16.4 Å². The molecule has 0 unspecified atom stereocenters. The summed E-state index contributed by atoms with van der Waals surface area (Å²) in [4.78, 5) is 51.9. The van der Waals surface area contributed by atoms with Crippen molar-refractivity contribution in [1.82, 2.24) is 10.6 Å². The van der Waals surface area contributed by atoms with E-state index in [-0.39, 0.29) is 41.8 Å². The zero-order chi connectivity index (χ0) is 32.4. The van der Waals surface area contributed by atoms with Gasteiger partial charge in [-0.1, -0.05) is 50.0 Å². The van der Waals surface area contributed by atoms with Gasteiger partial charge in [-0.05, 0) is 38.2 Å². The number of ketones is 2. The molecule has 0 spiro atoms. The lowest BCUT2D eigenvalue weighted by Gasteiger charge is -2.32. The number of Topliss-reactive ketones (excluding diaryl/α,β-unsaturated/α-hetero) is 1. The average molecular weight is 610 g/mol. The van der Waals surface area contributed by atoms with E-state index >= 15 is 0 Å². The molecular formula is C33H43N3O8. The van der Waals surface area contributed by atoms with Gasteiger partial charge in [-0.3, -0.25) is 14.4 Å². The van der Waals surface area contributed by atoms with Gasteiger partial charge in [0.05, 0.1) is 23.6 Å². The van der Waals surface area contributed by atoms with Gasteiger partial charge in [0.2, 0.25) is 11.6 Å². The van der Waals surface area contributed by atoms with Crippen LogP contribution in [-0.4, -0.2) is 75.4 Å². The number of allylic oxidation sites excluding steroid dienone is 4. The number of ether oxygens (including phenoxy) is 4. The molecule has 0 saturated carbocycles. The second-order valence-electron chi connectivity index (χ2n) is 11.2. The van der Waals surface area contributed by atoms with Gasteiger partial charge >= 0.3 is 6.09 Å². The molecule has 3 bridgehead atoms. The number of fused-ring (bicyclic) bond motifs is 5. The van der Waals surface area contributed by atoms with E-state index in [2.05, 4.69) is 22.5 Å². The normalized spacial score (nSPS) is 32.3. The topological polar surface area (TPSA) is 155 Å². The molecule has 11 heteroatoms. The molecule has 2 amide bonds. The molecule has 238 valence electrons. The molecular weight excluding hydrogens is 566 g/mol. The van der Waals surface area contributed by atoms with Gasteiger partial charge < -0.3 is 35.3 Å². The summed E-state index contributed by atoms with van der Waals surface area (Å²) in [5, 5.41) is 5.71. The minimum atomic E-state index is -0.967. The Hall–Kier alpha value is -3.98. The minimum Gasteiger partial charge on any atom is -0.439 e. The van der Waals surface area contributed by atoms with Crippen molar-refractivity contribution in [3.05, 3.63) is 58.5 Å². The predicted molar refractivity (Wildman–Crippen MR) is 164 cm³/mol. The number of hydrogen-bond acceptors (Lipinski definition) is 9. The van der Waals surface area contributed by atoms with Crippen molar-refractivity contribution in [3.63, 3.8) is 0 Å². The Morgan fingerprint density at radius 2 is 1.86 bits per heavy atom. The van der Waals surface area contributed by atoms with Crippen LogP contribution in [0.1, 0.15) is 47.0 Å². The van der Waals surface area contributed by atoms with Crippen molar-refractivity contribution in [2.75, 3.05) is 27.4 Å². The molecule has 0 saturated heterocycles. The fourth-order valence-electron chi connectivity index (χ4n) is 5.55. The predicted octanol–water partition coefficient (Wildman–Crippen LogP) is 2.78. The standard InChI is InChI=1S/C33H43N3O8/c1-19-15-23-28-25(37)18-24(29(23)38)36-32(39)20(2)11-10-12-26(41-5)31(44-33(34)40)22(4)17-21(3)30(27(16-19)42-6)43-14-9-7-8-13-35-28/h10-12,17-19,21,26-27,30-31,35H,8,13-16H2,1-6H3,(H2,34,40)(H,36,39)/b12-10-,20-11+,22-17+/t19-,21+,26+,27+,30-,31+/m1/s1. The number of nitrogens with two attached hydrogens (primary N) is 1. The van der Waals surface area contributed by atoms with Crippen LogP contribution in [0.4, 0.5) is 4.79 Å². The van der Waals surface area contributed by atoms with Crippen LogP contribution in [0.2, 0.25) is 0 Å². The first kappa shape index (κ1) is 34.5. The second-order valence-corrected chi connectivity index (χ2v) is 11.2. The van der Waals surface area contributed by atoms with E-state index in [1.807, 2.05) is 26.8 Å². The molecule has 0 fully saturated rings. The Balaban J connectivity index is 2.19. The van der Waals surface area contributed by atoms with E-state index in [4.69, 9.17) is 24.7 Å².